The molecule has 0 amide bonds. The summed E-state index contributed by atoms with van der Waals surface area (Å²) in [7, 11) is 0. The monoisotopic (exact) mass is 280 g/mol. The maximum absolute atomic E-state index is 11.9. The maximum atomic E-state index is 11.9. The first kappa shape index (κ1) is 13.5. The summed E-state index contributed by atoms with van der Waals surface area (Å²) in [4.78, 5) is 15.5. The molecule has 0 saturated carbocycles. The van der Waals surface area contributed by atoms with Gasteiger partial charge in [-0.05, 0) is 31.4 Å². The molecule has 0 aliphatic rings. The third-order valence-electron chi connectivity index (χ3n) is 2.65. The van der Waals surface area contributed by atoms with Gasteiger partial charge >= 0.3 is 0 Å². The number of carbonyl (C=O) groups excluding carboxylic acids is 1. The lowest BCUT2D eigenvalue weighted by atomic mass is 10.2. The Morgan fingerprint density at radius 1 is 1.39 bits per heavy atom. The molecule has 0 N–H and O–H groups in total. The zero-order chi connectivity index (χ0) is 13.0. The van der Waals surface area contributed by atoms with Crippen molar-refractivity contribution in [3.63, 3.8) is 0 Å². The van der Waals surface area contributed by atoms with E-state index in [-0.39, 0.29) is 12.4 Å². The van der Waals surface area contributed by atoms with Gasteiger partial charge in [-0.2, -0.15) is 0 Å². The molecule has 4 heteroatoms. The Morgan fingerprint density at radius 2 is 2.22 bits per heavy atom. The zero-order valence-corrected chi connectivity index (χ0v) is 12.2. The summed E-state index contributed by atoms with van der Waals surface area (Å²) in [6.07, 6.45) is 0.882. The normalized spacial score (nSPS) is 10.8. The molecule has 2 aromatic heterocycles. The van der Waals surface area contributed by atoms with Gasteiger partial charge in [0.2, 0.25) is 0 Å². The minimum Gasteiger partial charge on any atom is -0.373 e. The topological polar surface area (TPSA) is 26.3 Å². The predicted octanol–water partition coefficient (Wildman–Crippen LogP) is 3.87. The molecule has 0 unspecified atom stereocenters. The van der Waals surface area contributed by atoms with Crippen LogP contribution in [-0.2, 0) is 11.2 Å². The molecule has 2 rings (SSSR count). The van der Waals surface area contributed by atoms with Crippen molar-refractivity contribution in [3.8, 4) is 0 Å². The molecule has 0 aromatic carbocycles. The van der Waals surface area contributed by atoms with Gasteiger partial charge < -0.3 is 4.74 Å². The van der Waals surface area contributed by atoms with Crippen LogP contribution in [0.25, 0.3) is 0 Å². The highest BCUT2D eigenvalue weighted by atomic mass is 32.1. The average molecular weight is 280 g/mol. The summed E-state index contributed by atoms with van der Waals surface area (Å²) in [6.45, 7) is 4.79. The van der Waals surface area contributed by atoms with Crippen LogP contribution in [0.4, 0.5) is 0 Å². The van der Waals surface area contributed by atoms with Crippen LogP contribution in [0.1, 0.15) is 25.0 Å². The molecule has 0 bridgehead atoms. The van der Waals surface area contributed by atoms with Gasteiger partial charge in [-0.15, -0.1) is 22.7 Å². The molecule has 0 aliphatic heterocycles. The minimum absolute atomic E-state index is 0.0861. The summed E-state index contributed by atoms with van der Waals surface area (Å²) < 4.78 is 5.45. The summed E-state index contributed by atoms with van der Waals surface area (Å²) in [5.41, 5.74) is 0.814. The fourth-order valence-electron chi connectivity index (χ4n) is 1.78. The van der Waals surface area contributed by atoms with Gasteiger partial charge in [-0.1, -0.05) is 6.07 Å². The van der Waals surface area contributed by atoms with Crippen molar-refractivity contribution in [1.82, 2.24) is 0 Å². The second-order valence-corrected chi connectivity index (χ2v) is 6.62. The van der Waals surface area contributed by atoms with E-state index in [1.54, 1.807) is 22.7 Å². The number of carbonyl (C=O) groups is 1. The van der Waals surface area contributed by atoms with Gasteiger partial charge in [-0.25, -0.2) is 0 Å². The van der Waals surface area contributed by atoms with Crippen molar-refractivity contribution in [3.05, 3.63) is 43.8 Å². The summed E-state index contributed by atoms with van der Waals surface area (Å²) in [5, 5.41) is 2.05. The molecule has 2 aromatic rings. The number of aryl methyl sites for hydroxylation is 2. The number of ketones is 1. The first-order valence-corrected chi connectivity index (χ1v) is 7.57. The highest BCUT2D eigenvalue weighted by Gasteiger charge is 2.11. The van der Waals surface area contributed by atoms with Crippen molar-refractivity contribution in [2.75, 3.05) is 13.2 Å². The maximum Gasteiger partial charge on any atom is 0.189 e. The standard InChI is InChI=1S/C14H16O2S2/c1-10-8-13(11(2)18-10)14(15)9-16-6-5-12-4-3-7-17-12/h3-4,7-8H,5-6,9H2,1-2H3. The second-order valence-electron chi connectivity index (χ2n) is 4.13. The quantitative estimate of drug-likeness (QED) is 0.593. The predicted molar refractivity (Wildman–Crippen MR) is 77.0 cm³/mol. The lowest BCUT2D eigenvalue weighted by molar-refractivity contribution is 0.0766. The second kappa shape index (κ2) is 6.27. The Kier molecular flexibility index (Phi) is 4.69. The van der Waals surface area contributed by atoms with E-state index in [1.807, 2.05) is 26.0 Å². The molecule has 0 fully saturated rings. The summed E-state index contributed by atoms with van der Waals surface area (Å²) >= 11 is 3.38. The number of thiophene rings is 2. The van der Waals surface area contributed by atoms with Crippen LogP contribution in [-0.4, -0.2) is 19.0 Å². The Hall–Kier alpha value is -0.970. The van der Waals surface area contributed by atoms with Gasteiger partial charge in [0.1, 0.15) is 6.61 Å². The third-order valence-corrected chi connectivity index (χ3v) is 4.55. The molecule has 18 heavy (non-hydrogen) atoms. The molecule has 2 heterocycles. The third kappa shape index (κ3) is 3.51. The summed E-state index contributed by atoms with van der Waals surface area (Å²) in [6, 6.07) is 6.07. The van der Waals surface area contributed by atoms with E-state index in [1.165, 1.54) is 9.75 Å². The van der Waals surface area contributed by atoms with E-state index >= 15 is 0 Å². The first-order valence-electron chi connectivity index (χ1n) is 5.87. The average Bonchev–Trinajstić information content (AvgIpc) is 2.94. The van der Waals surface area contributed by atoms with Crippen molar-refractivity contribution < 1.29 is 9.53 Å². The number of ether oxygens (including phenoxy) is 1. The summed E-state index contributed by atoms with van der Waals surface area (Å²) in [5.74, 6) is 0.0861. The molecule has 0 saturated heterocycles. The van der Waals surface area contributed by atoms with Crippen LogP contribution in [0.5, 0.6) is 0 Å². The van der Waals surface area contributed by atoms with Gasteiger partial charge in [0, 0.05) is 26.6 Å². The van der Waals surface area contributed by atoms with Gasteiger partial charge in [0.05, 0.1) is 6.61 Å². The van der Waals surface area contributed by atoms with E-state index in [4.69, 9.17) is 4.74 Å². The van der Waals surface area contributed by atoms with E-state index in [9.17, 15) is 4.79 Å². The van der Waals surface area contributed by atoms with Gasteiger partial charge in [0.15, 0.2) is 5.78 Å². The number of hydrogen-bond donors (Lipinski definition) is 0. The fourth-order valence-corrected chi connectivity index (χ4v) is 3.41. The minimum atomic E-state index is 0.0861. The van der Waals surface area contributed by atoms with Crippen molar-refractivity contribution >= 4 is 28.5 Å². The van der Waals surface area contributed by atoms with Gasteiger partial charge in [-0.3, -0.25) is 4.79 Å². The van der Waals surface area contributed by atoms with E-state index in [2.05, 4.69) is 11.4 Å². The van der Waals surface area contributed by atoms with E-state index in [0.717, 1.165) is 16.9 Å². The molecular formula is C14H16O2S2. The molecule has 0 aliphatic carbocycles. The number of rotatable bonds is 6. The van der Waals surface area contributed by atoms with Crippen LogP contribution in [0, 0.1) is 13.8 Å². The highest BCUT2D eigenvalue weighted by Crippen LogP contribution is 2.21. The molecule has 0 radical (unpaired) electrons. The highest BCUT2D eigenvalue weighted by molar-refractivity contribution is 7.12. The Balaban J connectivity index is 1.77. The Bertz CT molecular complexity index is 512. The Morgan fingerprint density at radius 3 is 2.83 bits per heavy atom. The van der Waals surface area contributed by atoms with Crippen LogP contribution >= 0.6 is 22.7 Å². The molecule has 0 atom stereocenters. The van der Waals surface area contributed by atoms with Crippen molar-refractivity contribution in [1.29, 1.82) is 0 Å². The molecule has 2 nitrogen and oxygen atoms in total. The number of hydrogen-bond acceptors (Lipinski definition) is 4. The number of Topliss-reactive ketones (excluding diaryl/α,β-unsaturated/α-hetero) is 1. The van der Waals surface area contributed by atoms with E-state index in [0.29, 0.717) is 6.61 Å². The SMILES string of the molecule is Cc1cc(C(=O)COCCc2cccs2)c(C)s1. The van der Waals surface area contributed by atoms with Crippen molar-refractivity contribution in [2.45, 2.75) is 20.3 Å². The van der Waals surface area contributed by atoms with E-state index < -0.39 is 0 Å². The van der Waals surface area contributed by atoms with Crippen LogP contribution < -0.4 is 0 Å². The first-order chi connectivity index (χ1) is 8.66. The molecule has 0 spiro atoms. The smallest absolute Gasteiger partial charge is 0.189 e. The van der Waals surface area contributed by atoms with Gasteiger partial charge in [0.25, 0.3) is 0 Å². The lowest BCUT2D eigenvalue weighted by Gasteiger charge is -2.02. The largest absolute Gasteiger partial charge is 0.373 e. The Labute approximate surface area is 115 Å². The van der Waals surface area contributed by atoms with Crippen LogP contribution in [0.15, 0.2) is 23.6 Å². The zero-order valence-electron chi connectivity index (χ0n) is 10.6. The fraction of sp³-hybridized carbons (Fsp3) is 0.357. The van der Waals surface area contributed by atoms with Crippen molar-refractivity contribution in [2.24, 2.45) is 0 Å². The van der Waals surface area contributed by atoms with Crippen LogP contribution in [0.3, 0.4) is 0 Å². The van der Waals surface area contributed by atoms with Crippen LogP contribution in [0.2, 0.25) is 0 Å². The lowest BCUT2D eigenvalue weighted by Crippen LogP contribution is -2.10. The molecular weight excluding hydrogens is 264 g/mol. The molecule has 96 valence electrons.